The number of para-hydroxylation sites is 1. The van der Waals surface area contributed by atoms with Crippen molar-refractivity contribution in [1.29, 1.82) is 0 Å². The van der Waals surface area contributed by atoms with Crippen molar-refractivity contribution < 1.29 is 4.74 Å². The van der Waals surface area contributed by atoms with Crippen LogP contribution in [-0.4, -0.2) is 6.61 Å². The molecule has 0 aliphatic rings. The Hall–Kier alpha value is -1.42. The summed E-state index contributed by atoms with van der Waals surface area (Å²) in [4.78, 5) is 0. The van der Waals surface area contributed by atoms with Crippen LogP contribution in [0.25, 0.3) is 0 Å². The van der Waals surface area contributed by atoms with Crippen molar-refractivity contribution in [3.05, 3.63) is 30.3 Å². The predicted molar refractivity (Wildman–Crippen MR) is 59.2 cm³/mol. The topological polar surface area (TPSA) is 9.23 Å². The first-order valence-corrected chi connectivity index (χ1v) is 5.07. The first-order valence-electron chi connectivity index (χ1n) is 5.07. The lowest BCUT2D eigenvalue weighted by molar-refractivity contribution is 0.313. The van der Waals surface area contributed by atoms with Gasteiger partial charge in [-0.15, -0.1) is 11.8 Å². The van der Waals surface area contributed by atoms with E-state index in [4.69, 9.17) is 4.74 Å². The molecule has 0 amide bonds. The standard InChI is InChI=1S/C13H16O/c1-2-3-4-5-9-12-14-13-10-7-6-8-11-13/h6-8,10-11H,2,5,9,12H2,1H3. The summed E-state index contributed by atoms with van der Waals surface area (Å²) < 4.78 is 5.52. The molecule has 0 saturated carbocycles. The largest absolute Gasteiger partial charge is 0.494 e. The zero-order chi connectivity index (χ0) is 10.1. The molecule has 1 nitrogen and oxygen atoms in total. The third-order valence-corrected chi connectivity index (χ3v) is 1.76. The molecule has 0 bridgehead atoms. The van der Waals surface area contributed by atoms with Gasteiger partial charge in [-0.3, -0.25) is 0 Å². The highest BCUT2D eigenvalue weighted by Crippen LogP contribution is 2.08. The normalized spacial score (nSPS) is 8.93. The first-order chi connectivity index (χ1) is 6.93. The number of hydrogen-bond donors (Lipinski definition) is 0. The van der Waals surface area contributed by atoms with Crippen LogP contribution in [0.4, 0.5) is 0 Å². The maximum atomic E-state index is 5.52. The lowest BCUT2D eigenvalue weighted by atomic mass is 10.3. The maximum Gasteiger partial charge on any atom is 0.119 e. The van der Waals surface area contributed by atoms with Gasteiger partial charge in [-0.25, -0.2) is 0 Å². The van der Waals surface area contributed by atoms with Crippen LogP contribution in [0.15, 0.2) is 30.3 Å². The molecule has 1 aromatic rings. The van der Waals surface area contributed by atoms with Crippen molar-refractivity contribution in [2.45, 2.75) is 26.2 Å². The minimum absolute atomic E-state index is 0.752. The van der Waals surface area contributed by atoms with Crippen LogP contribution >= 0.6 is 0 Å². The summed E-state index contributed by atoms with van der Waals surface area (Å²) >= 11 is 0. The van der Waals surface area contributed by atoms with E-state index in [-0.39, 0.29) is 0 Å². The molecular weight excluding hydrogens is 172 g/mol. The summed E-state index contributed by atoms with van der Waals surface area (Å²) in [6.07, 6.45) is 2.88. The van der Waals surface area contributed by atoms with Crippen LogP contribution in [0.1, 0.15) is 26.2 Å². The van der Waals surface area contributed by atoms with E-state index in [2.05, 4.69) is 18.8 Å². The molecule has 0 spiro atoms. The molecule has 0 radical (unpaired) electrons. The van der Waals surface area contributed by atoms with Gasteiger partial charge < -0.3 is 4.74 Å². The minimum atomic E-state index is 0.752. The predicted octanol–water partition coefficient (Wildman–Crippen LogP) is 3.26. The first kappa shape index (κ1) is 10.7. The Morgan fingerprint density at radius 1 is 1.14 bits per heavy atom. The van der Waals surface area contributed by atoms with Gasteiger partial charge in [-0.2, -0.15) is 0 Å². The average molecular weight is 188 g/mol. The molecule has 1 aromatic carbocycles. The van der Waals surface area contributed by atoms with Gasteiger partial charge in [0.15, 0.2) is 0 Å². The lowest BCUT2D eigenvalue weighted by Crippen LogP contribution is -1.95. The highest BCUT2D eigenvalue weighted by Gasteiger charge is 1.89. The van der Waals surface area contributed by atoms with Gasteiger partial charge in [0.25, 0.3) is 0 Å². The minimum Gasteiger partial charge on any atom is -0.494 e. The third kappa shape index (κ3) is 4.57. The summed E-state index contributed by atoms with van der Waals surface area (Å²) in [5.74, 6) is 7.07. The molecule has 0 heterocycles. The van der Waals surface area contributed by atoms with Gasteiger partial charge in [0, 0.05) is 12.8 Å². The number of ether oxygens (including phenoxy) is 1. The summed E-state index contributed by atoms with van der Waals surface area (Å²) in [5.41, 5.74) is 0. The van der Waals surface area contributed by atoms with Gasteiger partial charge in [-0.1, -0.05) is 25.1 Å². The van der Waals surface area contributed by atoms with Gasteiger partial charge in [0.05, 0.1) is 6.61 Å². The molecule has 0 aromatic heterocycles. The lowest BCUT2D eigenvalue weighted by Gasteiger charge is -2.03. The molecule has 0 unspecified atom stereocenters. The SMILES string of the molecule is CCC#CCCCOc1ccccc1. The summed E-state index contributed by atoms with van der Waals surface area (Å²) in [6, 6.07) is 9.88. The highest BCUT2D eigenvalue weighted by atomic mass is 16.5. The molecule has 0 aliphatic carbocycles. The van der Waals surface area contributed by atoms with Crippen LogP contribution in [0.5, 0.6) is 5.75 Å². The zero-order valence-corrected chi connectivity index (χ0v) is 8.62. The summed E-state index contributed by atoms with van der Waals surface area (Å²) in [7, 11) is 0. The van der Waals surface area contributed by atoms with E-state index < -0.39 is 0 Å². The number of unbranched alkanes of at least 4 members (excludes halogenated alkanes) is 1. The Morgan fingerprint density at radius 2 is 1.93 bits per heavy atom. The molecule has 0 atom stereocenters. The maximum absolute atomic E-state index is 5.52. The van der Waals surface area contributed by atoms with Crippen molar-refractivity contribution >= 4 is 0 Å². The Labute approximate surface area is 86.1 Å². The van der Waals surface area contributed by atoms with Crippen molar-refractivity contribution in [3.8, 4) is 17.6 Å². The molecule has 0 fully saturated rings. The Bertz CT molecular complexity index is 292. The molecule has 1 rings (SSSR count). The van der Waals surface area contributed by atoms with E-state index in [9.17, 15) is 0 Å². The number of rotatable bonds is 4. The quantitative estimate of drug-likeness (QED) is 0.520. The number of hydrogen-bond acceptors (Lipinski definition) is 1. The van der Waals surface area contributed by atoms with Gasteiger partial charge >= 0.3 is 0 Å². The van der Waals surface area contributed by atoms with Gasteiger partial charge in [-0.05, 0) is 18.6 Å². The summed E-state index contributed by atoms with van der Waals surface area (Å²) in [6.45, 7) is 2.82. The van der Waals surface area contributed by atoms with E-state index in [1.54, 1.807) is 0 Å². The molecule has 0 aliphatic heterocycles. The number of benzene rings is 1. The van der Waals surface area contributed by atoms with Crippen LogP contribution in [0, 0.1) is 11.8 Å². The summed E-state index contributed by atoms with van der Waals surface area (Å²) in [5, 5.41) is 0. The van der Waals surface area contributed by atoms with Crippen LogP contribution < -0.4 is 4.74 Å². The Morgan fingerprint density at radius 3 is 2.64 bits per heavy atom. The van der Waals surface area contributed by atoms with Crippen molar-refractivity contribution in [2.75, 3.05) is 6.61 Å². The molecule has 1 heteroatoms. The van der Waals surface area contributed by atoms with Crippen LogP contribution in [-0.2, 0) is 0 Å². The Kier molecular flexibility index (Phi) is 5.35. The fourth-order valence-electron chi connectivity index (χ4n) is 1.08. The molecule has 14 heavy (non-hydrogen) atoms. The second kappa shape index (κ2) is 7.03. The van der Waals surface area contributed by atoms with Crippen LogP contribution in [0.2, 0.25) is 0 Å². The fraction of sp³-hybridized carbons (Fsp3) is 0.385. The van der Waals surface area contributed by atoms with Crippen molar-refractivity contribution in [1.82, 2.24) is 0 Å². The van der Waals surface area contributed by atoms with E-state index in [0.717, 1.165) is 31.6 Å². The molecule has 74 valence electrons. The van der Waals surface area contributed by atoms with Crippen molar-refractivity contribution in [2.24, 2.45) is 0 Å². The fourth-order valence-corrected chi connectivity index (χ4v) is 1.08. The second-order valence-electron chi connectivity index (χ2n) is 2.97. The third-order valence-electron chi connectivity index (χ3n) is 1.76. The smallest absolute Gasteiger partial charge is 0.119 e. The van der Waals surface area contributed by atoms with E-state index in [1.165, 1.54) is 0 Å². The van der Waals surface area contributed by atoms with E-state index >= 15 is 0 Å². The van der Waals surface area contributed by atoms with E-state index in [1.807, 2.05) is 30.3 Å². The highest BCUT2D eigenvalue weighted by molar-refractivity contribution is 5.20. The van der Waals surface area contributed by atoms with Crippen molar-refractivity contribution in [3.63, 3.8) is 0 Å². The Balaban J connectivity index is 2.10. The molecule has 0 saturated heterocycles. The monoisotopic (exact) mass is 188 g/mol. The van der Waals surface area contributed by atoms with Gasteiger partial charge in [0.1, 0.15) is 5.75 Å². The average Bonchev–Trinajstić information content (AvgIpc) is 2.25. The van der Waals surface area contributed by atoms with E-state index in [0.29, 0.717) is 0 Å². The second-order valence-corrected chi connectivity index (χ2v) is 2.97. The zero-order valence-electron chi connectivity index (χ0n) is 8.62. The molecule has 0 N–H and O–H groups in total. The van der Waals surface area contributed by atoms with Gasteiger partial charge in [0.2, 0.25) is 0 Å². The molecular formula is C13H16O. The van der Waals surface area contributed by atoms with Crippen LogP contribution in [0.3, 0.4) is 0 Å².